The van der Waals surface area contributed by atoms with Crippen LogP contribution < -0.4 is 20.1 Å². The highest BCUT2D eigenvalue weighted by Crippen LogP contribution is 2.33. The van der Waals surface area contributed by atoms with Gasteiger partial charge in [-0.05, 0) is 37.3 Å². The second-order valence-electron chi connectivity index (χ2n) is 10.6. The number of nitrogens with one attached hydrogen (secondary N) is 2. The van der Waals surface area contributed by atoms with Crippen molar-refractivity contribution >= 4 is 32.8 Å². The normalized spacial score (nSPS) is 19.1. The van der Waals surface area contributed by atoms with Gasteiger partial charge in [-0.3, -0.25) is 9.59 Å². The number of rotatable bonds is 10. The Bertz CT molecular complexity index is 1460. The summed E-state index contributed by atoms with van der Waals surface area (Å²) >= 11 is 0. The number of hydrogen-bond donors (Lipinski definition) is 3. The average molecular weight is 592 g/mol. The number of amides is 2. The molecule has 0 radical (unpaired) electrons. The van der Waals surface area contributed by atoms with Crippen molar-refractivity contribution in [1.29, 1.82) is 0 Å². The molecule has 14 heteroatoms. The third kappa shape index (κ3) is 6.82. The SMILES string of the molecule is COc1cc2cc(C(=O)N[C@@H](CC(C)C)C(=O)NC3CCCN(S(=O)(=O)c4cn(C)cn4)CC3O)oc2cc1OC. The van der Waals surface area contributed by atoms with Gasteiger partial charge in [0.05, 0.1) is 32.7 Å². The molecule has 3 N–H and O–H groups in total. The summed E-state index contributed by atoms with van der Waals surface area (Å²) in [5.41, 5.74) is 0.421. The molecule has 0 spiro atoms. The molecular formula is C27H37N5O8S. The number of methoxy groups -OCH3 is 2. The first-order valence-corrected chi connectivity index (χ1v) is 14.8. The summed E-state index contributed by atoms with van der Waals surface area (Å²) in [5.74, 6) is -0.0366. The van der Waals surface area contributed by atoms with Crippen LogP contribution in [0.2, 0.25) is 0 Å². The van der Waals surface area contributed by atoms with Crippen molar-refractivity contribution in [3.8, 4) is 11.5 Å². The highest BCUT2D eigenvalue weighted by Gasteiger charge is 2.35. The molecule has 1 aromatic carbocycles. The van der Waals surface area contributed by atoms with Gasteiger partial charge in [-0.1, -0.05) is 13.8 Å². The zero-order chi connectivity index (χ0) is 29.9. The lowest BCUT2D eigenvalue weighted by Crippen LogP contribution is -2.54. The fourth-order valence-electron chi connectivity index (χ4n) is 4.84. The van der Waals surface area contributed by atoms with Crippen LogP contribution in [0.25, 0.3) is 11.0 Å². The minimum Gasteiger partial charge on any atom is -0.493 e. The number of ether oxygens (including phenoxy) is 2. The number of hydrogen-bond acceptors (Lipinski definition) is 9. The number of imidazole rings is 1. The lowest BCUT2D eigenvalue weighted by atomic mass is 10.0. The zero-order valence-corrected chi connectivity index (χ0v) is 24.6. The quantitative estimate of drug-likeness (QED) is 0.318. The van der Waals surface area contributed by atoms with E-state index in [0.717, 1.165) is 0 Å². The van der Waals surface area contributed by atoms with Crippen molar-refractivity contribution in [3.05, 3.63) is 36.5 Å². The van der Waals surface area contributed by atoms with Gasteiger partial charge in [-0.15, -0.1) is 0 Å². The van der Waals surface area contributed by atoms with Crippen molar-refractivity contribution in [3.63, 3.8) is 0 Å². The average Bonchev–Trinajstić information content (AvgIpc) is 3.51. The summed E-state index contributed by atoms with van der Waals surface area (Å²) in [7, 11) is 0.774. The summed E-state index contributed by atoms with van der Waals surface area (Å²) < 4.78 is 45.1. The largest absolute Gasteiger partial charge is 0.493 e. The molecule has 3 aromatic rings. The summed E-state index contributed by atoms with van der Waals surface area (Å²) in [6.07, 6.45) is 2.75. The highest BCUT2D eigenvalue weighted by molar-refractivity contribution is 7.89. The molecular weight excluding hydrogens is 554 g/mol. The van der Waals surface area contributed by atoms with Gasteiger partial charge in [0.1, 0.15) is 11.6 Å². The number of aromatic nitrogens is 2. The minimum atomic E-state index is -3.90. The Morgan fingerprint density at radius 3 is 2.54 bits per heavy atom. The number of benzene rings is 1. The summed E-state index contributed by atoms with van der Waals surface area (Å²) in [5, 5.41) is 17.0. The molecule has 3 atom stereocenters. The van der Waals surface area contributed by atoms with Crippen LogP contribution in [0.4, 0.5) is 0 Å². The van der Waals surface area contributed by atoms with Crippen LogP contribution in [-0.2, 0) is 21.9 Å². The maximum Gasteiger partial charge on any atom is 0.287 e. The third-order valence-corrected chi connectivity index (χ3v) is 8.72. The molecule has 0 bridgehead atoms. The second kappa shape index (κ2) is 12.5. The van der Waals surface area contributed by atoms with E-state index in [-0.39, 0.29) is 29.8 Å². The predicted molar refractivity (Wildman–Crippen MR) is 149 cm³/mol. The van der Waals surface area contributed by atoms with Gasteiger partial charge in [-0.25, -0.2) is 13.4 Å². The van der Waals surface area contributed by atoms with Crippen LogP contribution in [0.15, 0.2) is 40.2 Å². The number of aliphatic hydroxyl groups excluding tert-OH is 1. The molecule has 13 nitrogen and oxygen atoms in total. The number of β-amino-alcohol motifs (C(OH)–C–C–N with tert-alkyl or cyclic N) is 1. The Hall–Kier alpha value is -3.62. The predicted octanol–water partition coefficient (Wildman–Crippen LogP) is 1.66. The number of nitrogens with zero attached hydrogens (tertiary/aromatic N) is 3. The monoisotopic (exact) mass is 591 g/mol. The van der Waals surface area contributed by atoms with Crippen LogP contribution in [0, 0.1) is 5.92 Å². The van der Waals surface area contributed by atoms with Gasteiger partial charge in [-0.2, -0.15) is 4.31 Å². The van der Waals surface area contributed by atoms with Crippen molar-refractivity contribution in [2.45, 2.75) is 56.3 Å². The van der Waals surface area contributed by atoms with E-state index in [1.807, 2.05) is 13.8 Å². The van der Waals surface area contributed by atoms with Gasteiger partial charge >= 0.3 is 0 Å². The van der Waals surface area contributed by atoms with Gasteiger partial charge < -0.3 is 34.2 Å². The second-order valence-corrected chi connectivity index (χ2v) is 12.5. The molecule has 4 rings (SSSR count). The number of carbonyl (C=O) groups is 2. The van der Waals surface area contributed by atoms with Crippen molar-refractivity contribution in [2.75, 3.05) is 27.3 Å². The Balaban J connectivity index is 1.46. The molecule has 3 heterocycles. The summed E-state index contributed by atoms with van der Waals surface area (Å²) in [6, 6.07) is 3.25. The fraction of sp³-hybridized carbons (Fsp3) is 0.519. The molecule has 41 heavy (non-hydrogen) atoms. The lowest BCUT2D eigenvalue weighted by molar-refractivity contribution is -0.125. The Kier molecular flexibility index (Phi) is 9.24. The van der Waals surface area contributed by atoms with E-state index in [4.69, 9.17) is 13.9 Å². The van der Waals surface area contributed by atoms with Crippen LogP contribution in [0.3, 0.4) is 0 Å². The molecule has 1 aliphatic rings. The van der Waals surface area contributed by atoms with E-state index in [1.165, 1.54) is 35.6 Å². The van der Waals surface area contributed by atoms with Gasteiger partial charge in [0, 0.05) is 37.8 Å². The lowest BCUT2D eigenvalue weighted by Gasteiger charge is -2.27. The van der Waals surface area contributed by atoms with Crippen molar-refractivity contribution < 1.29 is 37.0 Å². The number of sulfonamides is 1. The first kappa shape index (κ1) is 30.3. The van der Waals surface area contributed by atoms with E-state index in [2.05, 4.69) is 15.6 Å². The highest BCUT2D eigenvalue weighted by atomic mass is 32.2. The fourth-order valence-corrected chi connectivity index (χ4v) is 6.30. The minimum absolute atomic E-state index is 0.0155. The van der Waals surface area contributed by atoms with Crippen molar-refractivity contribution in [1.82, 2.24) is 24.5 Å². The summed E-state index contributed by atoms with van der Waals surface area (Å²) in [4.78, 5) is 30.5. The maximum atomic E-state index is 13.4. The molecule has 2 unspecified atom stereocenters. The Morgan fingerprint density at radius 2 is 1.90 bits per heavy atom. The number of furan rings is 1. The maximum absolute atomic E-state index is 13.4. The van der Waals surface area contributed by atoms with Crippen molar-refractivity contribution in [2.24, 2.45) is 13.0 Å². The summed E-state index contributed by atoms with van der Waals surface area (Å²) in [6.45, 7) is 3.83. The molecule has 1 fully saturated rings. The standard InChI is InChI=1S/C27H37N5O8S/c1-16(2)9-19(30-27(35)24-11-17-10-22(38-4)23(39-5)12-21(17)40-24)26(34)29-18-7-6-8-32(13-20(18)33)41(36,37)25-14-31(3)15-28-25/h10-12,14-16,18-20,33H,6-9,13H2,1-5H3,(H,29,34)(H,30,35)/t18?,19-,20?/m0/s1. The number of aryl methyl sites for hydroxylation is 1. The topological polar surface area (TPSA) is 165 Å². The van der Waals surface area contributed by atoms with E-state index in [9.17, 15) is 23.1 Å². The number of aliphatic hydroxyl groups is 1. The molecule has 1 aliphatic heterocycles. The van der Waals surface area contributed by atoms with Crippen LogP contribution in [-0.4, -0.2) is 84.7 Å². The first-order chi connectivity index (χ1) is 19.4. The number of carbonyl (C=O) groups excluding carboxylic acids is 2. The van der Waals surface area contributed by atoms with E-state index in [1.54, 1.807) is 25.2 Å². The number of fused-ring (bicyclic) bond motifs is 1. The van der Waals surface area contributed by atoms with Gasteiger partial charge in [0.2, 0.25) is 5.91 Å². The first-order valence-electron chi connectivity index (χ1n) is 13.4. The van der Waals surface area contributed by atoms with E-state index in [0.29, 0.717) is 41.7 Å². The van der Waals surface area contributed by atoms with Gasteiger partial charge in [0.25, 0.3) is 15.9 Å². The smallest absolute Gasteiger partial charge is 0.287 e. The molecule has 2 amide bonds. The molecule has 2 aromatic heterocycles. The zero-order valence-electron chi connectivity index (χ0n) is 23.8. The third-order valence-electron chi connectivity index (χ3n) is 6.97. The molecule has 0 saturated carbocycles. The molecule has 224 valence electrons. The van der Waals surface area contributed by atoms with Crippen LogP contribution in [0.1, 0.15) is 43.7 Å². The van der Waals surface area contributed by atoms with Crippen LogP contribution in [0.5, 0.6) is 11.5 Å². The van der Waals surface area contributed by atoms with Gasteiger partial charge in [0.15, 0.2) is 22.3 Å². The van der Waals surface area contributed by atoms with E-state index >= 15 is 0 Å². The Morgan fingerprint density at radius 1 is 1.20 bits per heavy atom. The van der Waals surface area contributed by atoms with E-state index < -0.39 is 40.0 Å². The van der Waals surface area contributed by atoms with Crippen LogP contribution >= 0.6 is 0 Å². The Labute approximate surface area is 238 Å². The molecule has 0 aliphatic carbocycles. The molecule has 1 saturated heterocycles.